The summed E-state index contributed by atoms with van der Waals surface area (Å²) >= 11 is 6.05. The molecule has 8 heteroatoms. The van der Waals surface area contributed by atoms with E-state index in [2.05, 4.69) is 15.0 Å². The number of ether oxygens (including phenoxy) is 1. The average Bonchev–Trinajstić information content (AvgIpc) is 2.49. The fourth-order valence-electron chi connectivity index (χ4n) is 1.67. The number of nitrogens with one attached hydrogen (secondary N) is 2. The third-order valence-electron chi connectivity index (χ3n) is 2.84. The highest BCUT2D eigenvalue weighted by atomic mass is 35.5. The molecule has 118 valence electrons. The highest BCUT2D eigenvalue weighted by molar-refractivity contribution is 7.92. The number of hydrogen-bond acceptors (Lipinski definition) is 5. The molecule has 0 bridgehead atoms. The van der Waals surface area contributed by atoms with Gasteiger partial charge < -0.3 is 10.1 Å². The third-order valence-corrected chi connectivity index (χ3v) is 4.44. The molecule has 0 fully saturated rings. The number of aromatic nitrogens is 1. The molecule has 0 saturated carbocycles. The molecule has 0 saturated heterocycles. The Labute approximate surface area is 134 Å². The molecular weight excluding hydrogens is 326 g/mol. The van der Waals surface area contributed by atoms with Crippen LogP contribution in [0.1, 0.15) is 6.92 Å². The maximum atomic E-state index is 11.5. The van der Waals surface area contributed by atoms with Crippen LogP contribution in [0.4, 0.5) is 17.2 Å². The van der Waals surface area contributed by atoms with Crippen molar-refractivity contribution in [3.8, 4) is 5.75 Å². The molecule has 1 heterocycles. The topological polar surface area (TPSA) is 80.3 Å². The van der Waals surface area contributed by atoms with E-state index in [0.717, 1.165) is 5.69 Å². The Balaban J connectivity index is 2.10. The summed E-state index contributed by atoms with van der Waals surface area (Å²) in [5, 5.41) is 3.56. The lowest BCUT2D eigenvalue weighted by Gasteiger charge is -2.09. The molecular formula is C14H16ClN3O3S. The van der Waals surface area contributed by atoms with Gasteiger partial charge in [-0.2, -0.15) is 0 Å². The van der Waals surface area contributed by atoms with E-state index in [-0.39, 0.29) is 5.75 Å². The first-order chi connectivity index (χ1) is 10.4. The molecule has 2 N–H and O–H groups in total. The van der Waals surface area contributed by atoms with Gasteiger partial charge in [0.25, 0.3) is 0 Å². The average molecular weight is 342 g/mol. The molecule has 0 spiro atoms. The molecule has 1 aromatic heterocycles. The van der Waals surface area contributed by atoms with Crippen LogP contribution in [0.25, 0.3) is 0 Å². The Morgan fingerprint density at radius 2 is 1.95 bits per heavy atom. The molecule has 0 radical (unpaired) electrons. The Kier molecular flexibility index (Phi) is 5.10. The van der Waals surface area contributed by atoms with Crippen LogP contribution >= 0.6 is 11.6 Å². The van der Waals surface area contributed by atoms with E-state index >= 15 is 0 Å². The molecule has 1 aromatic carbocycles. The number of rotatable bonds is 6. The number of pyridine rings is 1. The summed E-state index contributed by atoms with van der Waals surface area (Å²) in [4.78, 5) is 4.15. The Hall–Kier alpha value is -1.99. The highest BCUT2D eigenvalue weighted by Crippen LogP contribution is 2.28. The smallest absolute Gasteiger partial charge is 0.232 e. The minimum atomic E-state index is -3.30. The van der Waals surface area contributed by atoms with Crippen LogP contribution in [0.15, 0.2) is 36.5 Å². The Morgan fingerprint density at radius 3 is 2.50 bits per heavy atom. The summed E-state index contributed by atoms with van der Waals surface area (Å²) < 4.78 is 30.4. The van der Waals surface area contributed by atoms with Crippen LogP contribution in [0.2, 0.25) is 5.02 Å². The van der Waals surface area contributed by atoms with Crippen LogP contribution in [-0.4, -0.2) is 26.3 Å². The zero-order chi connectivity index (χ0) is 16.2. The number of methoxy groups -OCH3 is 1. The largest absolute Gasteiger partial charge is 0.495 e. The molecule has 0 aliphatic rings. The fourth-order valence-corrected chi connectivity index (χ4v) is 2.55. The van der Waals surface area contributed by atoms with Crippen molar-refractivity contribution >= 4 is 38.8 Å². The molecule has 0 atom stereocenters. The first-order valence-electron chi connectivity index (χ1n) is 6.50. The van der Waals surface area contributed by atoms with Gasteiger partial charge in [-0.15, -0.1) is 0 Å². The van der Waals surface area contributed by atoms with Gasteiger partial charge in [0.2, 0.25) is 10.0 Å². The highest BCUT2D eigenvalue weighted by Gasteiger charge is 2.07. The molecule has 2 rings (SSSR count). The number of anilines is 3. The van der Waals surface area contributed by atoms with Crippen molar-refractivity contribution < 1.29 is 13.2 Å². The van der Waals surface area contributed by atoms with Gasteiger partial charge in [-0.1, -0.05) is 11.6 Å². The normalized spacial score (nSPS) is 11.0. The van der Waals surface area contributed by atoms with Crippen molar-refractivity contribution in [1.29, 1.82) is 0 Å². The number of halogens is 1. The predicted molar refractivity (Wildman–Crippen MR) is 88.6 cm³/mol. The second-order valence-electron chi connectivity index (χ2n) is 4.41. The number of sulfonamides is 1. The lowest BCUT2D eigenvalue weighted by molar-refractivity contribution is 0.415. The second kappa shape index (κ2) is 6.85. The van der Waals surface area contributed by atoms with Crippen molar-refractivity contribution in [3.05, 3.63) is 41.6 Å². The maximum absolute atomic E-state index is 11.5. The van der Waals surface area contributed by atoms with Crippen LogP contribution in [0.3, 0.4) is 0 Å². The SMILES string of the molecule is CCS(=O)(=O)Nc1ccc(Nc2ccc(OC)c(Cl)c2)nc1. The summed E-state index contributed by atoms with van der Waals surface area (Å²) in [7, 11) is -1.75. The van der Waals surface area contributed by atoms with Crippen molar-refractivity contribution in [2.75, 3.05) is 22.9 Å². The van der Waals surface area contributed by atoms with E-state index in [4.69, 9.17) is 16.3 Å². The zero-order valence-corrected chi connectivity index (χ0v) is 13.7. The van der Waals surface area contributed by atoms with Crippen LogP contribution < -0.4 is 14.8 Å². The minimum Gasteiger partial charge on any atom is -0.495 e. The summed E-state index contributed by atoms with van der Waals surface area (Å²) in [6.45, 7) is 1.57. The lowest BCUT2D eigenvalue weighted by atomic mass is 10.3. The molecule has 0 aliphatic heterocycles. The van der Waals surface area contributed by atoms with Crippen molar-refractivity contribution in [3.63, 3.8) is 0 Å². The predicted octanol–water partition coefficient (Wildman–Crippen LogP) is 3.25. The summed E-state index contributed by atoms with van der Waals surface area (Å²) in [5.41, 5.74) is 1.17. The van der Waals surface area contributed by atoms with Gasteiger partial charge in [0.1, 0.15) is 11.6 Å². The van der Waals surface area contributed by atoms with Gasteiger partial charge in [-0.05, 0) is 37.3 Å². The Bertz CT molecular complexity index is 748. The van der Waals surface area contributed by atoms with E-state index in [1.54, 1.807) is 44.4 Å². The van der Waals surface area contributed by atoms with Gasteiger partial charge >= 0.3 is 0 Å². The van der Waals surface area contributed by atoms with E-state index < -0.39 is 10.0 Å². The van der Waals surface area contributed by atoms with Crippen LogP contribution in [0, 0.1) is 0 Å². The summed E-state index contributed by atoms with van der Waals surface area (Å²) in [6.07, 6.45) is 1.45. The quantitative estimate of drug-likeness (QED) is 0.843. The van der Waals surface area contributed by atoms with Crippen molar-refractivity contribution in [2.24, 2.45) is 0 Å². The van der Waals surface area contributed by atoms with Crippen molar-refractivity contribution in [1.82, 2.24) is 4.98 Å². The van der Waals surface area contributed by atoms with E-state index in [9.17, 15) is 8.42 Å². The third kappa shape index (κ3) is 4.25. The van der Waals surface area contributed by atoms with E-state index in [1.807, 2.05) is 0 Å². The second-order valence-corrected chi connectivity index (χ2v) is 6.83. The van der Waals surface area contributed by atoms with Crippen LogP contribution in [-0.2, 0) is 10.0 Å². The molecule has 22 heavy (non-hydrogen) atoms. The maximum Gasteiger partial charge on any atom is 0.232 e. The summed E-state index contributed by atoms with van der Waals surface area (Å²) in [5.74, 6) is 1.17. The first-order valence-corrected chi connectivity index (χ1v) is 8.53. The van der Waals surface area contributed by atoms with E-state index in [0.29, 0.717) is 22.3 Å². The van der Waals surface area contributed by atoms with Crippen LogP contribution in [0.5, 0.6) is 5.75 Å². The number of hydrogen-bond donors (Lipinski definition) is 2. The zero-order valence-electron chi connectivity index (χ0n) is 12.1. The fraction of sp³-hybridized carbons (Fsp3) is 0.214. The summed E-state index contributed by atoms with van der Waals surface area (Å²) in [6, 6.07) is 8.57. The molecule has 0 unspecified atom stereocenters. The standard InChI is InChI=1S/C14H16ClN3O3S/c1-3-22(19,20)18-11-5-7-14(16-9-11)17-10-4-6-13(21-2)12(15)8-10/h4-9,18H,3H2,1-2H3,(H,16,17). The van der Waals surface area contributed by atoms with E-state index in [1.165, 1.54) is 6.20 Å². The molecule has 2 aromatic rings. The Morgan fingerprint density at radius 1 is 1.23 bits per heavy atom. The van der Waals surface area contributed by atoms with Gasteiger partial charge in [0.15, 0.2) is 0 Å². The van der Waals surface area contributed by atoms with Gasteiger partial charge in [-0.3, -0.25) is 4.72 Å². The number of benzene rings is 1. The first kappa shape index (κ1) is 16.4. The van der Waals surface area contributed by atoms with Gasteiger partial charge in [0.05, 0.1) is 29.8 Å². The lowest BCUT2D eigenvalue weighted by Crippen LogP contribution is -2.14. The number of nitrogens with zero attached hydrogens (tertiary/aromatic N) is 1. The minimum absolute atomic E-state index is 0.0113. The van der Waals surface area contributed by atoms with Crippen molar-refractivity contribution in [2.45, 2.75) is 6.92 Å². The molecule has 0 aliphatic carbocycles. The molecule has 6 nitrogen and oxygen atoms in total. The van der Waals surface area contributed by atoms with Gasteiger partial charge in [-0.25, -0.2) is 13.4 Å². The monoisotopic (exact) mass is 341 g/mol. The molecule has 0 amide bonds. The van der Waals surface area contributed by atoms with Gasteiger partial charge in [0, 0.05) is 5.69 Å².